The van der Waals surface area contributed by atoms with E-state index in [0.29, 0.717) is 25.7 Å². The maximum Gasteiger partial charge on any atom is 0.472 e. The third-order valence-corrected chi connectivity index (χ3v) is 20.2. The van der Waals surface area contributed by atoms with Crippen molar-refractivity contribution in [1.29, 1.82) is 0 Å². The van der Waals surface area contributed by atoms with Gasteiger partial charge in [0.05, 0.1) is 26.4 Å². The fourth-order valence-corrected chi connectivity index (χ4v) is 13.4. The van der Waals surface area contributed by atoms with Gasteiger partial charge in [-0.1, -0.05) is 350 Å². The summed E-state index contributed by atoms with van der Waals surface area (Å²) in [7, 11) is -9.91. The number of hydrogen-bond acceptors (Lipinski definition) is 15. The van der Waals surface area contributed by atoms with Crippen LogP contribution in [0.4, 0.5) is 0 Å². The molecule has 0 heterocycles. The third-order valence-electron chi connectivity index (χ3n) is 18.3. The molecule has 17 nitrogen and oxygen atoms in total. The molecule has 0 aromatic heterocycles. The minimum Gasteiger partial charge on any atom is -0.462 e. The summed E-state index contributed by atoms with van der Waals surface area (Å²) in [4.78, 5) is 72.7. The van der Waals surface area contributed by atoms with E-state index in [9.17, 15) is 43.2 Å². The van der Waals surface area contributed by atoms with E-state index in [-0.39, 0.29) is 25.7 Å². The summed E-state index contributed by atoms with van der Waals surface area (Å²) in [6.45, 7) is 9.65. The Labute approximate surface area is 588 Å². The highest BCUT2D eigenvalue weighted by Crippen LogP contribution is 2.45. The Morgan fingerprint density at radius 3 is 0.792 bits per heavy atom. The van der Waals surface area contributed by atoms with E-state index in [0.717, 1.165) is 102 Å². The average molecular weight is 1410 g/mol. The molecule has 0 aliphatic carbocycles. The first kappa shape index (κ1) is 94.1. The van der Waals surface area contributed by atoms with Crippen LogP contribution in [-0.2, 0) is 65.4 Å². The van der Waals surface area contributed by atoms with Gasteiger partial charge in [0.25, 0.3) is 0 Å². The first-order valence-corrected chi connectivity index (χ1v) is 43.0. The van der Waals surface area contributed by atoms with Crippen molar-refractivity contribution < 1.29 is 80.2 Å². The molecule has 0 aromatic rings. The van der Waals surface area contributed by atoms with Gasteiger partial charge < -0.3 is 33.8 Å². The predicted molar refractivity (Wildman–Crippen MR) is 391 cm³/mol. The zero-order chi connectivity index (χ0) is 70.7. The largest absolute Gasteiger partial charge is 0.472 e. The molecule has 0 aliphatic rings. The molecule has 570 valence electrons. The average Bonchev–Trinajstić information content (AvgIpc) is 1.57. The smallest absolute Gasteiger partial charge is 0.462 e. The molecular weight excluding hydrogens is 1260 g/mol. The third kappa shape index (κ3) is 69.2. The van der Waals surface area contributed by atoms with Gasteiger partial charge in [0, 0.05) is 25.7 Å². The van der Waals surface area contributed by atoms with E-state index in [4.69, 9.17) is 37.0 Å². The van der Waals surface area contributed by atoms with Crippen LogP contribution in [0.5, 0.6) is 0 Å². The lowest BCUT2D eigenvalue weighted by Gasteiger charge is -2.21. The standard InChI is InChI=1S/C77H150O17P2/c1-7-10-12-14-16-18-28-37-43-49-55-61-76(81)93-72(65-87-74(79)59-53-47-41-33-17-15-13-11-8-2)67-91-95(83,84)89-63-71(78)64-90-96(85,86)92-68-73(66-88-75(80)60-54-48-42-36-32-27-29-34-39-45-51-57-69(4)5)94-77(82)62-56-50-44-38-31-26-24-22-20-19-21-23-25-30-35-40-46-52-58-70(6)9-3/h69-73,78H,7-68H2,1-6H3,(H,83,84)(H,85,86)/t70?,71-,72+,73+/m0/s1. The second-order valence-electron chi connectivity index (χ2n) is 28.5. The molecule has 0 rings (SSSR count). The lowest BCUT2D eigenvalue weighted by Crippen LogP contribution is -2.30. The summed E-state index contributed by atoms with van der Waals surface area (Å²) in [6, 6.07) is 0. The first-order chi connectivity index (χ1) is 46.4. The van der Waals surface area contributed by atoms with Crippen molar-refractivity contribution in [3.05, 3.63) is 0 Å². The first-order valence-electron chi connectivity index (χ1n) is 40.0. The highest BCUT2D eigenvalue weighted by molar-refractivity contribution is 7.47. The van der Waals surface area contributed by atoms with Crippen LogP contribution in [0.2, 0.25) is 0 Å². The fraction of sp³-hybridized carbons (Fsp3) is 0.948. The molecule has 0 radical (unpaired) electrons. The number of phosphoric acid groups is 2. The van der Waals surface area contributed by atoms with Crippen molar-refractivity contribution in [1.82, 2.24) is 0 Å². The van der Waals surface area contributed by atoms with Gasteiger partial charge in [-0.05, 0) is 37.5 Å². The van der Waals surface area contributed by atoms with Crippen LogP contribution in [0, 0.1) is 11.8 Å². The quantitative estimate of drug-likeness (QED) is 0.0222. The van der Waals surface area contributed by atoms with Gasteiger partial charge in [-0.15, -0.1) is 0 Å². The molecule has 0 aromatic carbocycles. The number of carbonyl (C=O) groups excluding carboxylic acids is 4. The second-order valence-corrected chi connectivity index (χ2v) is 31.4. The highest BCUT2D eigenvalue weighted by Gasteiger charge is 2.30. The van der Waals surface area contributed by atoms with Crippen LogP contribution in [0.15, 0.2) is 0 Å². The van der Waals surface area contributed by atoms with Gasteiger partial charge in [-0.2, -0.15) is 0 Å². The van der Waals surface area contributed by atoms with Gasteiger partial charge in [-0.3, -0.25) is 37.3 Å². The fourth-order valence-electron chi connectivity index (χ4n) is 11.8. The molecule has 96 heavy (non-hydrogen) atoms. The predicted octanol–water partition coefficient (Wildman–Crippen LogP) is 22.7. The lowest BCUT2D eigenvalue weighted by atomic mass is 9.99. The van der Waals surface area contributed by atoms with Crippen molar-refractivity contribution in [2.45, 2.75) is 419 Å². The van der Waals surface area contributed by atoms with Crippen LogP contribution in [0.1, 0.15) is 401 Å². The highest BCUT2D eigenvalue weighted by atomic mass is 31.2. The molecule has 0 fully saturated rings. The Morgan fingerprint density at radius 1 is 0.302 bits per heavy atom. The van der Waals surface area contributed by atoms with E-state index >= 15 is 0 Å². The molecule has 19 heteroatoms. The number of unbranched alkanes of at least 4 members (excludes halogenated alkanes) is 45. The monoisotopic (exact) mass is 1410 g/mol. The minimum atomic E-state index is -4.96. The summed E-state index contributed by atoms with van der Waals surface area (Å²) >= 11 is 0. The number of ether oxygens (including phenoxy) is 4. The van der Waals surface area contributed by atoms with Crippen LogP contribution in [-0.4, -0.2) is 96.7 Å². The van der Waals surface area contributed by atoms with E-state index < -0.39 is 97.5 Å². The molecule has 0 saturated heterocycles. The number of carbonyl (C=O) groups is 4. The summed E-state index contributed by atoms with van der Waals surface area (Å²) < 4.78 is 68.5. The maximum absolute atomic E-state index is 13.1. The van der Waals surface area contributed by atoms with Crippen molar-refractivity contribution in [2.75, 3.05) is 39.6 Å². The molecule has 0 saturated carbocycles. The Kier molecular flexibility index (Phi) is 67.4. The van der Waals surface area contributed by atoms with Crippen LogP contribution in [0.3, 0.4) is 0 Å². The zero-order valence-corrected chi connectivity index (χ0v) is 64.5. The van der Waals surface area contributed by atoms with Gasteiger partial charge in [0.15, 0.2) is 12.2 Å². The van der Waals surface area contributed by atoms with Crippen LogP contribution < -0.4 is 0 Å². The minimum absolute atomic E-state index is 0.107. The van der Waals surface area contributed by atoms with Crippen molar-refractivity contribution in [3.63, 3.8) is 0 Å². The summed E-state index contributed by atoms with van der Waals surface area (Å²) in [6.07, 6.45) is 56.9. The Morgan fingerprint density at radius 2 is 0.531 bits per heavy atom. The SMILES string of the molecule is CCCCCCCCCCCCCC(=O)O[C@H](COC(=O)CCCCCCCCCCC)COP(=O)(O)OC[C@H](O)COP(=O)(O)OC[C@@H](COC(=O)CCCCCCCCCCCCCC(C)C)OC(=O)CCCCCCCCCCCCCCCCCCCCC(C)CC. The Bertz CT molecular complexity index is 1860. The van der Waals surface area contributed by atoms with Gasteiger partial charge in [0.1, 0.15) is 19.3 Å². The molecule has 3 N–H and O–H groups in total. The summed E-state index contributed by atoms with van der Waals surface area (Å²) in [5.74, 6) is -0.473. The molecule has 0 aliphatic heterocycles. The number of esters is 4. The van der Waals surface area contributed by atoms with Gasteiger partial charge in [-0.25, -0.2) is 9.13 Å². The van der Waals surface area contributed by atoms with Crippen molar-refractivity contribution >= 4 is 39.5 Å². The molecule has 3 unspecified atom stereocenters. The normalized spacial score (nSPS) is 14.3. The number of hydrogen-bond donors (Lipinski definition) is 3. The van der Waals surface area contributed by atoms with Gasteiger partial charge >= 0.3 is 39.5 Å². The number of phosphoric ester groups is 2. The second kappa shape index (κ2) is 68.8. The molecule has 0 spiro atoms. The summed E-state index contributed by atoms with van der Waals surface area (Å²) in [5.41, 5.74) is 0. The van der Waals surface area contributed by atoms with Crippen molar-refractivity contribution in [3.8, 4) is 0 Å². The lowest BCUT2D eigenvalue weighted by molar-refractivity contribution is -0.161. The van der Waals surface area contributed by atoms with E-state index in [1.165, 1.54) is 218 Å². The number of aliphatic hydroxyl groups excluding tert-OH is 1. The van der Waals surface area contributed by atoms with E-state index in [1.54, 1.807) is 0 Å². The molecule has 6 atom stereocenters. The van der Waals surface area contributed by atoms with Crippen molar-refractivity contribution in [2.24, 2.45) is 11.8 Å². The Hall–Kier alpha value is -1.94. The zero-order valence-electron chi connectivity index (χ0n) is 62.7. The van der Waals surface area contributed by atoms with E-state index in [1.807, 2.05) is 0 Å². The molecule has 0 amide bonds. The topological polar surface area (TPSA) is 237 Å². The van der Waals surface area contributed by atoms with E-state index in [2.05, 4.69) is 41.5 Å². The molecule has 0 bridgehead atoms. The van der Waals surface area contributed by atoms with Gasteiger partial charge in [0.2, 0.25) is 0 Å². The summed E-state index contributed by atoms with van der Waals surface area (Å²) in [5, 5.41) is 10.6. The number of aliphatic hydroxyl groups is 1. The van der Waals surface area contributed by atoms with Crippen LogP contribution >= 0.6 is 15.6 Å². The molecular formula is C77H150O17P2. The number of rotatable bonds is 76. The maximum atomic E-state index is 13.1. The van der Waals surface area contributed by atoms with Crippen LogP contribution in [0.25, 0.3) is 0 Å². The Balaban J connectivity index is 5.18.